The van der Waals surface area contributed by atoms with Gasteiger partial charge in [0.25, 0.3) is 0 Å². The van der Waals surface area contributed by atoms with E-state index in [0.717, 1.165) is 58.4 Å². The van der Waals surface area contributed by atoms with Crippen molar-refractivity contribution in [3.05, 3.63) is 35.4 Å². The summed E-state index contributed by atoms with van der Waals surface area (Å²) in [5.74, 6) is 0.205. The van der Waals surface area contributed by atoms with E-state index in [4.69, 9.17) is 0 Å². The predicted molar refractivity (Wildman–Crippen MR) is 98.4 cm³/mol. The van der Waals surface area contributed by atoms with Crippen molar-refractivity contribution in [2.75, 3.05) is 32.8 Å². The van der Waals surface area contributed by atoms with E-state index < -0.39 is 0 Å². The summed E-state index contributed by atoms with van der Waals surface area (Å²) in [6, 6.07) is 8.76. The molecule has 1 aromatic carbocycles. The second-order valence-corrected chi connectivity index (χ2v) is 8.43. The van der Waals surface area contributed by atoms with Crippen LogP contribution in [0.5, 0.6) is 0 Å². The summed E-state index contributed by atoms with van der Waals surface area (Å²) < 4.78 is 0. The van der Waals surface area contributed by atoms with Gasteiger partial charge in [-0.3, -0.25) is 9.59 Å². The van der Waals surface area contributed by atoms with Crippen LogP contribution in [0.4, 0.5) is 0 Å². The first-order valence-electron chi connectivity index (χ1n) is 10.2. The van der Waals surface area contributed by atoms with E-state index in [-0.39, 0.29) is 23.7 Å². The van der Waals surface area contributed by atoms with Crippen molar-refractivity contribution in [3.63, 3.8) is 0 Å². The Morgan fingerprint density at radius 3 is 2.19 bits per heavy atom. The average molecular weight is 357 g/mol. The Kier molecular flexibility index (Phi) is 5.09. The number of rotatable bonds is 4. The van der Waals surface area contributed by atoms with Crippen LogP contribution in [0.2, 0.25) is 0 Å². The van der Waals surface area contributed by atoms with E-state index in [1.54, 1.807) is 9.80 Å². The van der Waals surface area contributed by atoms with Gasteiger partial charge in [-0.1, -0.05) is 42.7 Å². The summed E-state index contributed by atoms with van der Waals surface area (Å²) in [6.07, 6.45) is 4.02. The minimum Gasteiger partial charge on any atom is -0.322 e. The Morgan fingerprint density at radius 1 is 0.962 bits per heavy atom. The fraction of sp³-hybridized carbons (Fsp3) is 0.619. The Hall–Kier alpha value is -1.72. The van der Waals surface area contributed by atoms with Crippen LogP contribution in [0.1, 0.15) is 36.8 Å². The number of carbonyl (C=O) groups excluding carboxylic acids is 2. The molecule has 4 rings (SSSR count). The van der Waals surface area contributed by atoms with Crippen molar-refractivity contribution >= 4 is 11.8 Å². The van der Waals surface area contributed by atoms with Crippen LogP contribution in [0, 0.1) is 18.8 Å². The van der Waals surface area contributed by atoms with Crippen molar-refractivity contribution in [3.8, 4) is 0 Å². The Balaban J connectivity index is 1.30. The van der Waals surface area contributed by atoms with Gasteiger partial charge in [0.1, 0.15) is 32.7 Å². The number of benzene rings is 1. The summed E-state index contributed by atoms with van der Waals surface area (Å²) in [6.45, 7) is 8.07. The highest BCUT2D eigenvalue weighted by Crippen LogP contribution is 2.37. The number of amides is 2. The standard InChI is InChI=1S/C21H29N3O2/c1-16-5-4-6-17(13-16)14-22-9-11-23(12-10-22)15-24-20(25)18-7-2-3-8-19(18)21(24)26/h4-6,13,18-19H,2-3,7-12,14-15H2,1H3/p+2/t18-,19-/m0/s1. The molecule has 5 nitrogen and oxygen atoms in total. The van der Waals surface area contributed by atoms with Gasteiger partial charge in [0, 0.05) is 5.56 Å². The van der Waals surface area contributed by atoms with Gasteiger partial charge in [-0.05, 0) is 19.8 Å². The highest BCUT2D eigenvalue weighted by Gasteiger charge is 2.49. The van der Waals surface area contributed by atoms with Crippen molar-refractivity contribution < 1.29 is 19.4 Å². The molecular formula is C21H31N3O2+2. The predicted octanol–water partition coefficient (Wildman–Crippen LogP) is -0.589. The third kappa shape index (κ3) is 3.55. The van der Waals surface area contributed by atoms with Gasteiger partial charge < -0.3 is 9.80 Å². The lowest BCUT2D eigenvalue weighted by Crippen LogP contribution is -3.28. The number of piperazine rings is 1. The average Bonchev–Trinajstić information content (AvgIpc) is 2.89. The largest absolute Gasteiger partial charge is 0.322 e. The van der Waals surface area contributed by atoms with Gasteiger partial charge in [0.15, 0.2) is 6.67 Å². The van der Waals surface area contributed by atoms with E-state index >= 15 is 0 Å². The van der Waals surface area contributed by atoms with E-state index in [0.29, 0.717) is 6.67 Å². The van der Waals surface area contributed by atoms with Crippen molar-refractivity contribution in [1.82, 2.24) is 4.90 Å². The van der Waals surface area contributed by atoms with E-state index in [1.807, 2.05) is 0 Å². The maximum Gasteiger partial charge on any atom is 0.237 e. The third-order valence-corrected chi connectivity index (χ3v) is 6.51. The first-order valence-corrected chi connectivity index (χ1v) is 10.2. The Labute approximate surface area is 155 Å². The number of likely N-dealkylation sites (tertiary alicyclic amines) is 1. The normalized spacial score (nSPS) is 32.0. The van der Waals surface area contributed by atoms with Gasteiger partial charge in [-0.2, -0.15) is 0 Å². The molecule has 5 heteroatoms. The monoisotopic (exact) mass is 357 g/mol. The fourth-order valence-electron chi connectivity index (χ4n) is 5.01. The van der Waals surface area contributed by atoms with Gasteiger partial charge >= 0.3 is 0 Å². The van der Waals surface area contributed by atoms with Crippen molar-refractivity contribution in [2.24, 2.45) is 11.8 Å². The molecule has 2 saturated heterocycles. The summed E-state index contributed by atoms with van der Waals surface area (Å²) in [7, 11) is 0. The van der Waals surface area contributed by atoms with Crippen LogP contribution in [0.25, 0.3) is 0 Å². The Bertz CT molecular complexity index is 658. The fourth-order valence-corrected chi connectivity index (χ4v) is 5.01. The van der Waals surface area contributed by atoms with Crippen LogP contribution in [-0.4, -0.2) is 49.6 Å². The molecule has 2 atom stereocenters. The molecule has 2 N–H and O–H groups in total. The summed E-state index contributed by atoms with van der Waals surface area (Å²) >= 11 is 0. The van der Waals surface area contributed by atoms with Crippen LogP contribution in [0.15, 0.2) is 24.3 Å². The minimum absolute atomic E-state index is 0.0103. The number of hydrogen-bond donors (Lipinski definition) is 2. The molecule has 2 amide bonds. The molecule has 2 heterocycles. The number of aryl methyl sites for hydroxylation is 1. The lowest BCUT2D eigenvalue weighted by molar-refractivity contribution is -1.02. The third-order valence-electron chi connectivity index (χ3n) is 6.51. The number of quaternary nitrogens is 2. The smallest absolute Gasteiger partial charge is 0.237 e. The summed E-state index contributed by atoms with van der Waals surface area (Å²) in [5.41, 5.74) is 2.72. The zero-order valence-electron chi connectivity index (χ0n) is 15.8. The SMILES string of the molecule is Cc1cccc(C[NH+]2CC[NH+](CN3C(=O)[C@H]4CCCC[C@@H]4C3=O)CC2)c1. The number of imide groups is 1. The molecule has 1 saturated carbocycles. The van der Waals surface area contributed by atoms with Crippen LogP contribution < -0.4 is 9.80 Å². The molecule has 0 unspecified atom stereocenters. The molecule has 140 valence electrons. The lowest BCUT2D eigenvalue weighted by Gasteiger charge is -2.31. The minimum atomic E-state index is -0.0103. The molecular weight excluding hydrogens is 326 g/mol. The second-order valence-electron chi connectivity index (χ2n) is 8.43. The van der Waals surface area contributed by atoms with Gasteiger partial charge in [-0.15, -0.1) is 0 Å². The van der Waals surface area contributed by atoms with Crippen LogP contribution >= 0.6 is 0 Å². The second kappa shape index (κ2) is 7.49. The number of hydrogen-bond acceptors (Lipinski definition) is 2. The van der Waals surface area contributed by atoms with Crippen LogP contribution in [0.3, 0.4) is 0 Å². The lowest BCUT2D eigenvalue weighted by atomic mass is 9.81. The Morgan fingerprint density at radius 2 is 1.58 bits per heavy atom. The topological polar surface area (TPSA) is 46.3 Å². The molecule has 1 aliphatic carbocycles. The molecule has 0 radical (unpaired) electrons. The molecule has 0 spiro atoms. The molecule has 0 bridgehead atoms. The molecule has 3 fully saturated rings. The maximum atomic E-state index is 12.6. The van der Waals surface area contributed by atoms with Gasteiger partial charge in [-0.25, -0.2) is 4.90 Å². The zero-order chi connectivity index (χ0) is 18.1. The number of fused-ring (bicyclic) bond motifs is 1. The summed E-state index contributed by atoms with van der Waals surface area (Å²) in [5, 5.41) is 0. The number of carbonyl (C=O) groups is 2. The van der Waals surface area contributed by atoms with E-state index in [9.17, 15) is 9.59 Å². The quantitative estimate of drug-likeness (QED) is 0.708. The van der Waals surface area contributed by atoms with Gasteiger partial charge in [0.2, 0.25) is 11.8 Å². The van der Waals surface area contributed by atoms with E-state index in [2.05, 4.69) is 31.2 Å². The first kappa shape index (κ1) is 17.7. The zero-order valence-corrected chi connectivity index (χ0v) is 15.8. The van der Waals surface area contributed by atoms with Crippen LogP contribution in [-0.2, 0) is 16.1 Å². The highest BCUT2D eigenvalue weighted by atomic mass is 16.2. The summed E-state index contributed by atoms with van der Waals surface area (Å²) in [4.78, 5) is 29.9. The first-order chi connectivity index (χ1) is 12.6. The van der Waals surface area contributed by atoms with Crippen molar-refractivity contribution in [1.29, 1.82) is 0 Å². The van der Waals surface area contributed by atoms with Gasteiger partial charge in [0.05, 0.1) is 11.8 Å². The maximum absolute atomic E-state index is 12.6. The van der Waals surface area contributed by atoms with Crippen molar-refractivity contribution in [2.45, 2.75) is 39.2 Å². The molecule has 3 aliphatic rings. The highest BCUT2D eigenvalue weighted by molar-refractivity contribution is 6.05. The molecule has 0 aromatic heterocycles. The number of nitrogens with zero attached hydrogens (tertiary/aromatic N) is 1. The molecule has 2 aliphatic heterocycles. The van der Waals surface area contributed by atoms with E-state index in [1.165, 1.54) is 16.0 Å². The molecule has 26 heavy (non-hydrogen) atoms. The molecule has 1 aromatic rings. The number of nitrogens with one attached hydrogen (secondary N) is 2.